The van der Waals surface area contributed by atoms with E-state index in [1.54, 1.807) is 28.1 Å². The Balaban J connectivity index is 1.52. The number of nitrogens with one attached hydrogen (secondary N) is 3. The average Bonchev–Trinajstić information content (AvgIpc) is 3.91. The van der Waals surface area contributed by atoms with E-state index in [1.165, 1.54) is 10.9 Å². The smallest absolute Gasteiger partial charge is 0.471 e. The highest BCUT2D eigenvalue weighted by molar-refractivity contribution is 7.50. The number of halogens is 3. The van der Waals surface area contributed by atoms with Crippen LogP contribution in [0.3, 0.4) is 0 Å². The van der Waals surface area contributed by atoms with Crippen molar-refractivity contribution >= 4 is 37.2 Å². The molecular weight excluding hydrogens is 933 g/mol. The van der Waals surface area contributed by atoms with Gasteiger partial charge in [-0.2, -0.15) is 23.4 Å². The quantitative estimate of drug-likeness (QED) is 0.0325. The van der Waals surface area contributed by atoms with Gasteiger partial charge in [-0.25, -0.2) is 4.98 Å². The van der Waals surface area contributed by atoms with Crippen LogP contribution in [-0.4, -0.2) is 113 Å². The summed E-state index contributed by atoms with van der Waals surface area (Å²) in [5.74, 6) is -1.85. The third-order valence-electron chi connectivity index (χ3n) is 11.5. The number of rotatable bonds is 23. The predicted octanol–water partition coefficient (Wildman–Crippen LogP) is 7.82. The number of nitriles is 1. The van der Waals surface area contributed by atoms with Crippen molar-refractivity contribution in [3.8, 4) is 17.6 Å². The molecule has 3 aromatic carbocycles. The average molecular weight is 993 g/mol. The summed E-state index contributed by atoms with van der Waals surface area (Å²) in [6.07, 6.45) is -7.63. The van der Waals surface area contributed by atoms with Crippen molar-refractivity contribution in [2.45, 2.75) is 103 Å². The largest absolute Gasteiger partial charge is 0.497 e. The van der Waals surface area contributed by atoms with E-state index in [0.717, 1.165) is 16.7 Å². The molecule has 1 aliphatic heterocycles. The summed E-state index contributed by atoms with van der Waals surface area (Å²) in [6.45, 7) is 10.7. The van der Waals surface area contributed by atoms with Gasteiger partial charge in [0.2, 0.25) is 11.9 Å². The molecule has 70 heavy (non-hydrogen) atoms. The first-order chi connectivity index (χ1) is 33.4. The Morgan fingerprint density at radius 3 is 2.06 bits per heavy atom. The topological polar surface area (TPSA) is 204 Å². The van der Waals surface area contributed by atoms with E-state index in [4.69, 9.17) is 28.2 Å². The number of aromatic amines is 1. The first-order valence-corrected chi connectivity index (χ1v) is 24.3. The fourth-order valence-electron chi connectivity index (χ4n) is 8.30. The molecule has 2 amide bonds. The zero-order valence-corrected chi connectivity index (χ0v) is 41.3. The molecule has 17 nitrogen and oxygen atoms in total. The maximum Gasteiger partial charge on any atom is 0.471 e. The van der Waals surface area contributed by atoms with E-state index >= 15 is 0 Å². The summed E-state index contributed by atoms with van der Waals surface area (Å²) in [6, 6.07) is 26.7. The van der Waals surface area contributed by atoms with E-state index in [2.05, 4.69) is 31.0 Å². The van der Waals surface area contributed by atoms with Crippen molar-refractivity contribution in [1.29, 1.82) is 5.26 Å². The van der Waals surface area contributed by atoms with Crippen molar-refractivity contribution in [3.05, 3.63) is 112 Å². The van der Waals surface area contributed by atoms with E-state index in [0.29, 0.717) is 17.7 Å². The molecule has 2 aromatic heterocycles. The maximum atomic E-state index is 13.5. The number of aromatic nitrogens is 4. The van der Waals surface area contributed by atoms with Crippen LogP contribution in [0.2, 0.25) is 0 Å². The van der Waals surface area contributed by atoms with Crippen LogP contribution in [0.25, 0.3) is 11.2 Å². The van der Waals surface area contributed by atoms with Crippen LogP contribution < -0.4 is 25.7 Å². The number of carbonyl (C=O) groups is 2. The lowest BCUT2D eigenvalue weighted by atomic mass is 9.80. The van der Waals surface area contributed by atoms with E-state index in [9.17, 15) is 32.8 Å². The number of imidazole rings is 1. The summed E-state index contributed by atoms with van der Waals surface area (Å²) < 4.78 is 82.5. The molecule has 5 aromatic rings. The number of benzene rings is 3. The van der Waals surface area contributed by atoms with Crippen LogP contribution in [0.1, 0.15) is 77.3 Å². The third-order valence-corrected chi connectivity index (χ3v) is 14.1. The van der Waals surface area contributed by atoms with Gasteiger partial charge in [0.15, 0.2) is 17.4 Å². The Morgan fingerprint density at radius 1 is 0.914 bits per heavy atom. The summed E-state index contributed by atoms with van der Waals surface area (Å²) in [4.78, 5) is 49.6. The van der Waals surface area contributed by atoms with E-state index < -0.39 is 67.9 Å². The van der Waals surface area contributed by atoms with Crippen LogP contribution >= 0.6 is 8.30 Å². The van der Waals surface area contributed by atoms with Gasteiger partial charge in [0, 0.05) is 43.7 Å². The first kappa shape index (κ1) is 53.4. The molecule has 0 aliphatic carbocycles. The molecule has 6 rings (SSSR count). The lowest BCUT2D eigenvalue weighted by molar-refractivity contribution is -0.173. The number of H-pyrrole nitrogens is 1. The first-order valence-electron chi connectivity index (χ1n) is 22.9. The molecule has 5 atom stereocenters. The van der Waals surface area contributed by atoms with Crippen molar-refractivity contribution in [3.63, 3.8) is 0 Å². The summed E-state index contributed by atoms with van der Waals surface area (Å²) in [5, 5.41) is 14.4. The van der Waals surface area contributed by atoms with Crippen LogP contribution in [0, 0.1) is 17.2 Å². The number of nitrogens with zero attached hydrogens (tertiary/aromatic N) is 5. The highest BCUT2D eigenvalue weighted by Crippen LogP contribution is 2.51. The van der Waals surface area contributed by atoms with Gasteiger partial charge in [-0.05, 0) is 75.1 Å². The second kappa shape index (κ2) is 23.8. The van der Waals surface area contributed by atoms with Gasteiger partial charge in [-0.3, -0.25) is 33.9 Å². The van der Waals surface area contributed by atoms with Gasteiger partial charge in [0.1, 0.15) is 43.7 Å². The molecule has 0 bridgehead atoms. The highest BCUT2D eigenvalue weighted by Gasteiger charge is 2.51. The van der Waals surface area contributed by atoms with Crippen molar-refractivity contribution in [1.82, 2.24) is 29.5 Å². The minimum Gasteiger partial charge on any atom is -0.497 e. The SMILES string of the molecule is COc1ccc(C(OC[C@H]2O[C@@H](n3cnc4c(=O)[nH]c(NC(=O)C(C)C)nc43)[C@H](OCCCNC(=O)C(F)(F)F)[C@@H]2OP(CCC#N)N(C(C)C)C(C)C)(c2ccccc2)c2ccc(OC)cc2)cc1. The standard InChI is InChI=1S/C49H60F3N8O9P/c1-30(2)43(61)57-47-56-42-39(44(62)58-47)55-29-59(42)45-41(66-26-13-25-54-46(63)49(50,51)52)40(69-70(27-12-24-53)60(31(3)4)32(5)6)38(68-45)28-67-48(33-14-10-9-11-15-33,34-16-20-36(64-7)21-17-34)35-18-22-37(65-8)23-19-35/h9-11,14-23,29-32,38,40-41,45H,12-13,25-28H2,1-8H3,(H,54,63)(H2,56,57,58,61,62)/t38-,40-,41-,45-,70?/m1/s1. The zero-order valence-electron chi connectivity index (χ0n) is 40.4. The van der Waals surface area contributed by atoms with Gasteiger partial charge in [0.05, 0.1) is 33.2 Å². The summed E-state index contributed by atoms with van der Waals surface area (Å²) in [5.41, 5.74) is 0.176. The predicted molar refractivity (Wildman–Crippen MR) is 256 cm³/mol. The lowest BCUT2D eigenvalue weighted by Crippen LogP contribution is -2.43. The normalized spacial score (nSPS) is 17.9. The number of ether oxygens (including phenoxy) is 5. The summed E-state index contributed by atoms with van der Waals surface area (Å²) in [7, 11) is 1.56. The highest BCUT2D eigenvalue weighted by atomic mass is 31.2. The number of methoxy groups -OCH3 is 2. The minimum absolute atomic E-state index is 0.0204. The molecule has 0 radical (unpaired) electrons. The second-order valence-electron chi connectivity index (χ2n) is 17.3. The van der Waals surface area contributed by atoms with Crippen LogP contribution in [0.5, 0.6) is 11.5 Å². The molecule has 1 saturated heterocycles. The molecule has 1 unspecified atom stereocenters. The molecule has 3 heterocycles. The Bertz CT molecular complexity index is 2550. The van der Waals surface area contributed by atoms with Gasteiger partial charge in [-0.1, -0.05) is 68.4 Å². The number of carbonyl (C=O) groups excluding carboxylic acids is 2. The van der Waals surface area contributed by atoms with Gasteiger partial charge in [0.25, 0.3) is 5.56 Å². The Morgan fingerprint density at radius 2 is 1.51 bits per heavy atom. The third kappa shape index (κ3) is 12.3. The molecule has 21 heteroatoms. The Kier molecular flexibility index (Phi) is 18.1. The molecule has 0 saturated carbocycles. The lowest BCUT2D eigenvalue weighted by Gasteiger charge is -2.40. The number of alkyl halides is 3. The number of hydrogen-bond acceptors (Lipinski definition) is 13. The second-order valence-corrected chi connectivity index (χ2v) is 19.2. The maximum absolute atomic E-state index is 13.5. The van der Waals surface area contributed by atoms with E-state index in [-0.39, 0.29) is 61.8 Å². The van der Waals surface area contributed by atoms with Crippen LogP contribution in [0.15, 0.2) is 90.0 Å². The molecule has 3 N–H and O–H groups in total. The number of fused-ring (bicyclic) bond motifs is 1. The summed E-state index contributed by atoms with van der Waals surface area (Å²) >= 11 is 0. The van der Waals surface area contributed by atoms with Gasteiger partial charge >= 0.3 is 12.1 Å². The van der Waals surface area contributed by atoms with Crippen LogP contribution in [-0.2, 0) is 33.9 Å². The molecule has 0 spiro atoms. The fourth-order valence-corrected chi connectivity index (χ4v) is 10.6. The minimum atomic E-state index is -5.08. The number of amides is 2. The van der Waals surface area contributed by atoms with E-state index in [1.807, 2.05) is 112 Å². The Hall–Kier alpha value is -5.94. The van der Waals surface area contributed by atoms with Crippen LogP contribution in [0.4, 0.5) is 19.1 Å². The molecular formula is C49H60F3N8O9P. The molecule has 1 fully saturated rings. The van der Waals surface area contributed by atoms with Crippen molar-refractivity contribution in [2.24, 2.45) is 5.92 Å². The molecule has 1 aliphatic rings. The van der Waals surface area contributed by atoms with Gasteiger partial charge < -0.3 is 33.5 Å². The molecule has 376 valence electrons. The zero-order chi connectivity index (χ0) is 50.8. The Labute approximate surface area is 405 Å². The number of hydrogen-bond donors (Lipinski definition) is 3. The van der Waals surface area contributed by atoms with Gasteiger partial charge in [-0.15, -0.1) is 0 Å². The van der Waals surface area contributed by atoms with Crippen molar-refractivity contribution in [2.75, 3.05) is 45.5 Å². The monoisotopic (exact) mass is 992 g/mol. The number of anilines is 1. The fraction of sp³-hybridized carbons (Fsp3) is 0.469. The van der Waals surface area contributed by atoms with Crippen molar-refractivity contribution < 1.29 is 51.0 Å².